The Hall–Kier alpha value is -2.59. The molecule has 7 nitrogen and oxygen atoms in total. The lowest BCUT2D eigenvalue weighted by atomic mass is 10.3. The Kier molecular flexibility index (Phi) is 3.46. The van der Waals surface area contributed by atoms with Crippen molar-refractivity contribution in [3.05, 3.63) is 29.3 Å². The first-order valence-electron chi connectivity index (χ1n) is 6.36. The van der Waals surface area contributed by atoms with E-state index in [1.54, 1.807) is 0 Å². The highest BCUT2D eigenvalue weighted by Gasteiger charge is 2.12. The molecule has 3 heterocycles. The Morgan fingerprint density at radius 2 is 2.33 bits per heavy atom. The average molecular weight is 302 g/mol. The van der Waals surface area contributed by atoms with Gasteiger partial charge in [0, 0.05) is 24.5 Å². The van der Waals surface area contributed by atoms with Crippen molar-refractivity contribution in [2.45, 2.75) is 19.9 Å². The van der Waals surface area contributed by atoms with E-state index in [9.17, 15) is 0 Å². The molecular formula is C13H12ClN7. The Labute approximate surface area is 125 Å². The van der Waals surface area contributed by atoms with Crippen molar-refractivity contribution in [2.75, 3.05) is 5.32 Å². The van der Waals surface area contributed by atoms with Gasteiger partial charge in [-0.3, -0.25) is 5.10 Å². The second kappa shape index (κ2) is 5.42. The van der Waals surface area contributed by atoms with E-state index >= 15 is 0 Å². The third-order valence-electron chi connectivity index (χ3n) is 3.01. The number of fused-ring (bicyclic) bond motifs is 1. The number of nitrogens with zero attached hydrogens (tertiary/aromatic N) is 5. The fourth-order valence-electron chi connectivity index (χ4n) is 2.09. The van der Waals surface area contributed by atoms with Gasteiger partial charge in [-0.15, -0.1) is 0 Å². The van der Waals surface area contributed by atoms with Crippen molar-refractivity contribution >= 4 is 34.3 Å². The monoisotopic (exact) mass is 301 g/mol. The maximum Gasteiger partial charge on any atom is 0.226 e. The molecule has 3 aromatic rings. The zero-order chi connectivity index (χ0) is 14.8. The number of aromatic nitrogens is 5. The SMILES string of the molecule is Cc1cc(Nc2nc(Cl)nc3c2ccn3CCC#N)n[nH]1. The van der Waals surface area contributed by atoms with Crippen LogP contribution in [0.15, 0.2) is 18.3 Å². The molecule has 2 N–H and O–H groups in total. The molecular weight excluding hydrogens is 290 g/mol. The van der Waals surface area contributed by atoms with Gasteiger partial charge in [-0.1, -0.05) is 0 Å². The molecule has 3 aromatic heterocycles. The van der Waals surface area contributed by atoms with E-state index in [0.717, 1.165) is 11.1 Å². The van der Waals surface area contributed by atoms with Gasteiger partial charge >= 0.3 is 0 Å². The second-order valence-electron chi connectivity index (χ2n) is 4.56. The summed E-state index contributed by atoms with van der Waals surface area (Å²) in [5, 5.41) is 19.8. The highest BCUT2D eigenvalue weighted by atomic mass is 35.5. The van der Waals surface area contributed by atoms with Crippen molar-refractivity contribution in [3.8, 4) is 6.07 Å². The molecule has 0 radical (unpaired) electrons. The summed E-state index contributed by atoms with van der Waals surface area (Å²) >= 11 is 5.99. The number of aryl methyl sites for hydroxylation is 2. The molecule has 0 bridgehead atoms. The van der Waals surface area contributed by atoms with Crippen LogP contribution in [-0.4, -0.2) is 24.7 Å². The lowest BCUT2D eigenvalue weighted by Crippen LogP contribution is -2.00. The third-order valence-corrected chi connectivity index (χ3v) is 3.18. The number of nitrogens with one attached hydrogen (secondary N) is 2. The number of hydrogen-bond donors (Lipinski definition) is 2. The second-order valence-corrected chi connectivity index (χ2v) is 4.90. The minimum Gasteiger partial charge on any atom is -0.331 e. The zero-order valence-electron chi connectivity index (χ0n) is 11.3. The van der Waals surface area contributed by atoms with Crippen molar-refractivity contribution in [3.63, 3.8) is 0 Å². The summed E-state index contributed by atoms with van der Waals surface area (Å²) in [4.78, 5) is 8.45. The van der Waals surface area contributed by atoms with Crippen molar-refractivity contribution in [1.82, 2.24) is 24.7 Å². The molecule has 106 valence electrons. The van der Waals surface area contributed by atoms with Gasteiger partial charge in [0.1, 0.15) is 11.5 Å². The third kappa shape index (κ3) is 2.66. The molecule has 3 rings (SSSR count). The minimum atomic E-state index is 0.147. The van der Waals surface area contributed by atoms with E-state index in [1.807, 2.05) is 29.8 Å². The van der Waals surface area contributed by atoms with Crippen molar-refractivity contribution in [1.29, 1.82) is 5.26 Å². The molecule has 0 saturated carbocycles. The largest absolute Gasteiger partial charge is 0.331 e. The van der Waals surface area contributed by atoms with Crippen molar-refractivity contribution < 1.29 is 0 Å². The first kappa shape index (κ1) is 13.4. The van der Waals surface area contributed by atoms with Crippen LogP contribution in [0.25, 0.3) is 11.0 Å². The molecule has 0 aliphatic carbocycles. The van der Waals surface area contributed by atoms with Crippen LogP contribution in [0.4, 0.5) is 11.6 Å². The molecule has 0 unspecified atom stereocenters. The molecule has 0 aliphatic heterocycles. The van der Waals surface area contributed by atoms with Gasteiger partial charge in [0.2, 0.25) is 5.28 Å². The minimum absolute atomic E-state index is 0.147. The predicted molar refractivity (Wildman–Crippen MR) is 79.4 cm³/mol. The maximum absolute atomic E-state index is 8.70. The van der Waals surface area contributed by atoms with Crippen LogP contribution in [0, 0.1) is 18.3 Å². The Bertz CT molecular complexity index is 827. The fourth-order valence-corrected chi connectivity index (χ4v) is 2.25. The van der Waals surface area contributed by atoms with Crippen LogP contribution < -0.4 is 5.32 Å². The standard InChI is InChI=1S/C13H12ClN7/c1-8-7-10(20-19-8)16-11-9-3-6-21(5-2-4-15)12(9)18-13(14)17-11/h3,6-7H,2,5H2,1H3,(H2,16,17,18,19,20). The number of rotatable bonds is 4. The van der Waals surface area contributed by atoms with E-state index in [-0.39, 0.29) is 5.28 Å². The van der Waals surface area contributed by atoms with Crippen LogP contribution in [-0.2, 0) is 6.54 Å². The van der Waals surface area contributed by atoms with E-state index in [1.165, 1.54) is 0 Å². The van der Waals surface area contributed by atoms with Gasteiger partial charge in [0.25, 0.3) is 0 Å². The van der Waals surface area contributed by atoms with Crippen molar-refractivity contribution in [2.24, 2.45) is 0 Å². The normalized spacial score (nSPS) is 10.7. The molecule has 0 aliphatic rings. The molecule has 0 fully saturated rings. The van der Waals surface area contributed by atoms with Gasteiger partial charge < -0.3 is 9.88 Å². The maximum atomic E-state index is 8.70. The number of halogens is 1. The molecule has 8 heteroatoms. The van der Waals surface area contributed by atoms with E-state index < -0.39 is 0 Å². The van der Waals surface area contributed by atoms with Gasteiger partial charge in [-0.05, 0) is 24.6 Å². The van der Waals surface area contributed by atoms with Crippen LogP contribution >= 0.6 is 11.6 Å². The Balaban J connectivity index is 2.02. The Morgan fingerprint density at radius 3 is 3.05 bits per heavy atom. The molecule has 0 saturated heterocycles. The van der Waals surface area contributed by atoms with Gasteiger partial charge in [0.15, 0.2) is 5.82 Å². The van der Waals surface area contributed by atoms with Gasteiger partial charge in [0.05, 0.1) is 17.9 Å². The number of nitriles is 1. The van der Waals surface area contributed by atoms with E-state index in [0.29, 0.717) is 30.2 Å². The first-order chi connectivity index (χ1) is 10.2. The number of aromatic amines is 1. The topological polar surface area (TPSA) is 95.2 Å². The lowest BCUT2D eigenvalue weighted by molar-refractivity contribution is 0.736. The fraction of sp³-hybridized carbons (Fsp3) is 0.231. The van der Waals surface area contributed by atoms with Gasteiger partial charge in [-0.2, -0.15) is 20.3 Å². The van der Waals surface area contributed by atoms with Crippen LogP contribution in [0.5, 0.6) is 0 Å². The number of anilines is 2. The summed E-state index contributed by atoms with van der Waals surface area (Å²) in [6.45, 7) is 2.48. The predicted octanol–water partition coefficient (Wildman–Crippen LogP) is 2.77. The zero-order valence-corrected chi connectivity index (χ0v) is 12.0. The summed E-state index contributed by atoms with van der Waals surface area (Å²) < 4.78 is 1.88. The smallest absolute Gasteiger partial charge is 0.226 e. The van der Waals surface area contributed by atoms with Crippen LogP contribution in [0.2, 0.25) is 5.28 Å². The van der Waals surface area contributed by atoms with E-state index in [2.05, 4.69) is 31.6 Å². The van der Waals surface area contributed by atoms with Crippen LogP contribution in [0.1, 0.15) is 12.1 Å². The highest BCUT2D eigenvalue weighted by Crippen LogP contribution is 2.25. The van der Waals surface area contributed by atoms with Crippen LogP contribution in [0.3, 0.4) is 0 Å². The van der Waals surface area contributed by atoms with Gasteiger partial charge in [-0.25, -0.2) is 0 Å². The average Bonchev–Trinajstić information content (AvgIpc) is 3.03. The summed E-state index contributed by atoms with van der Waals surface area (Å²) in [5.74, 6) is 1.25. The first-order valence-corrected chi connectivity index (χ1v) is 6.73. The quantitative estimate of drug-likeness (QED) is 0.722. The summed E-state index contributed by atoms with van der Waals surface area (Å²) in [5.41, 5.74) is 1.64. The van der Waals surface area contributed by atoms with E-state index in [4.69, 9.17) is 16.9 Å². The molecule has 0 atom stereocenters. The number of hydrogen-bond acceptors (Lipinski definition) is 5. The molecule has 21 heavy (non-hydrogen) atoms. The lowest BCUT2D eigenvalue weighted by Gasteiger charge is -2.06. The summed E-state index contributed by atoms with van der Waals surface area (Å²) in [7, 11) is 0. The number of H-pyrrole nitrogens is 1. The summed E-state index contributed by atoms with van der Waals surface area (Å²) in [6, 6.07) is 5.88. The summed E-state index contributed by atoms with van der Waals surface area (Å²) in [6.07, 6.45) is 2.28. The Morgan fingerprint density at radius 1 is 1.48 bits per heavy atom. The molecule has 0 aromatic carbocycles. The molecule has 0 amide bonds. The molecule has 0 spiro atoms. The highest BCUT2D eigenvalue weighted by molar-refractivity contribution is 6.28.